The molecule has 0 fully saturated rings. The highest BCUT2D eigenvalue weighted by Crippen LogP contribution is 2.41. The van der Waals surface area contributed by atoms with Gasteiger partial charge in [0.15, 0.2) is 11.5 Å². The second-order valence-corrected chi connectivity index (χ2v) is 11.4. The van der Waals surface area contributed by atoms with Crippen molar-refractivity contribution in [3.63, 3.8) is 0 Å². The van der Waals surface area contributed by atoms with Crippen LogP contribution in [0.1, 0.15) is 55.6 Å². The maximum atomic E-state index is 14.2. The molecule has 1 atom stereocenters. The number of benzene rings is 4. The van der Waals surface area contributed by atoms with E-state index in [2.05, 4.69) is 16.4 Å². The Kier molecular flexibility index (Phi) is 7.29. The largest absolute Gasteiger partial charge is 0.507 e. The summed E-state index contributed by atoms with van der Waals surface area (Å²) in [7, 11) is 1.59. The number of nitrogens with one attached hydrogen (secondary N) is 2. The number of amides is 2. The lowest BCUT2D eigenvalue weighted by Gasteiger charge is -2.38. The minimum atomic E-state index is -0.401. The molecule has 0 aliphatic carbocycles. The van der Waals surface area contributed by atoms with Crippen molar-refractivity contribution >= 4 is 22.7 Å². The van der Waals surface area contributed by atoms with Crippen LogP contribution in [0.4, 0.5) is 0 Å². The van der Waals surface area contributed by atoms with E-state index < -0.39 is 11.9 Å². The minimum Gasteiger partial charge on any atom is -0.507 e. The van der Waals surface area contributed by atoms with Gasteiger partial charge in [-0.2, -0.15) is 0 Å². The molecule has 45 heavy (non-hydrogen) atoms. The van der Waals surface area contributed by atoms with Gasteiger partial charge in [-0.25, -0.2) is 0 Å². The third-order valence-electron chi connectivity index (χ3n) is 8.43. The number of carbonyl (C=O) groups is 2. The van der Waals surface area contributed by atoms with E-state index in [0.717, 1.165) is 33.2 Å². The average Bonchev–Trinajstić information content (AvgIpc) is 3.47. The number of hydrogen-bond donors (Lipinski definition) is 3. The number of carbonyl (C=O) groups excluding carboxylic acids is 2. The Labute approximate surface area is 260 Å². The van der Waals surface area contributed by atoms with Gasteiger partial charge in [0.2, 0.25) is 0 Å². The molecule has 8 rings (SSSR count). The van der Waals surface area contributed by atoms with Crippen LogP contribution in [0.5, 0.6) is 28.7 Å². The smallest absolute Gasteiger partial charge is 0.271 e. The van der Waals surface area contributed by atoms with Crippen LogP contribution in [0.2, 0.25) is 0 Å². The molecule has 1 aromatic heterocycles. The summed E-state index contributed by atoms with van der Waals surface area (Å²) in [5.74, 6) is 1.52. The fraction of sp³-hybridized carbons (Fsp3) is 0.222. The molecule has 0 spiro atoms. The number of aromatic hydroxyl groups is 1. The van der Waals surface area contributed by atoms with Crippen molar-refractivity contribution in [2.24, 2.45) is 0 Å². The van der Waals surface area contributed by atoms with Crippen molar-refractivity contribution in [1.29, 1.82) is 0 Å². The molecule has 1 unspecified atom stereocenters. The molecule has 3 aliphatic rings. The van der Waals surface area contributed by atoms with E-state index in [-0.39, 0.29) is 17.2 Å². The van der Waals surface area contributed by atoms with E-state index in [0.29, 0.717) is 61.2 Å². The molecule has 2 amide bonds. The minimum absolute atomic E-state index is 0.0902. The number of methoxy groups -OCH3 is 1. The second kappa shape index (κ2) is 11.6. The van der Waals surface area contributed by atoms with Crippen LogP contribution in [-0.4, -0.2) is 53.6 Å². The Morgan fingerprint density at radius 2 is 1.84 bits per heavy atom. The number of aryl methyl sites for hydroxylation is 1. The van der Waals surface area contributed by atoms with Gasteiger partial charge in [0.1, 0.15) is 22.9 Å². The number of H-pyrrole nitrogens is 1. The first kappa shape index (κ1) is 28.3. The van der Waals surface area contributed by atoms with Crippen LogP contribution in [0, 0.1) is 6.92 Å². The molecule has 0 saturated carbocycles. The standard InChI is InChI=1S/C36H33N3O6/c1-21-4-9-29-24(16-21)18-30(38-29)36(42)39-14-12-22-17-25-6-8-27(22)34(39)23-5-11-32(43-2)33(19-23)44-15-3-13-37-35(41)28-20-26(45-25)7-10-31(28)40/h4-11,16-20,34,38,40H,3,12-15H2,1-2H3,(H,37,41). The number of nitrogens with zero attached hydrogens (tertiary/aromatic N) is 1. The topological polar surface area (TPSA) is 113 Å². The molecule has 4 aromatic carbocycles. The summed E-state index contributed by atoms with van der Waals surface area (Å²) in [6, 6.07) is 23.8. The van der Waals surface area contributed by atoms with E-state index in [9.17, 15) is 14.7 Å². The average molecular weight is 604 g/mol. The van der Waals surface area contributed by atoms with Gasteiger partial charge < -0.3 is 34.5 Å². The van der Waals surface area contributed by atoms with Gasteiger partial charge in [0, 0.05) is 24.0 Å². The SMILES string of the molecule is COc1ccc2cc1OCCCNC(=O)c1cc(ccc1O)Oc1ccc3c(c1)CCN(C(=O)c1cc4cc(C)ccc4[nH]1)C23. The predicted molar refractivity (Wildman–Crippen MR) is 170 cm³/mol. The second-order valence-electron chi connectivity index (χ2n) is 11.4. The first-order chi connectivity index (χ1) is 21.9. The fourth-order valence-corrected chi connectivity index (χ4v) is 6.19. The lowest BCUT2D eigenvalue weighted by Crippen LogP contribution is -2.40. The molecular formula is C36H33N3O6. The quantitative estimate of drug-likeness (QED) is 0.219. The van der Waals surface area contributed by atoms with Crippen LogP contribution in [0.15, 0.2) is 78.9 Å². The molecule has 4 heterocycles. The molecular weight excluding hydrogens is 570 g/mol. The van der Waals surface area contributed by atoms with Crippen LogP contribution < -0.4 is 19.5 Å². The summed E-state index contributed by atoms with van der Waals surface area (Å²) in [5, 5.41) is 14.2. The maximum Gasteiger partial charge on any atom is 0.271 e. The van der Waals surface area contributed by atoms with Crippen molar-refractivity contribution in [3.05, 3.63) is 112 Å². The number of hydrogen-bond acceptors (Lipinski definition) is 6. The van der Waals surface area contributed by atoms with Crippen molar-refractivity contribution in [2.45, 2.75) is 25.8 Å². The highest BCUT2D eigenvalue weighted by molar-refractivity contribution is 5.99. The Balaban J connectivity index is 1.33. The zero-order valence-electron chi connectivity index (χ0n) is 25.1. The number of phenolic OH excluding ortho intramolecular Hbond substituents is 1. The number of rotatable bonds is 2. The number of ether oxygens (including phenoxy) is 3. The number of aromatic nitrogens is 1. The Morgan fingerprint density at radius 3 is 2.71 bits per heavy atom. The normalized spacial score (nSPS) is 16.3. The molecule has 0 saturated heterocycles. The lowest BCUT2D eigenvalue weighted by molar-refractivity contribution is 0.0689. The van der Waals surface area contributed by atoms with Crippen molar-refractivity contribution in [3.8, 4) is 28.7 Å². The van der Waals surface area contributed by atoms with E-state index in [4.69, 9.17) is 14.2 Å². The summed E-state index contributed by atoms with van der Waals surface area (Å²) in [4.78, 5) is 32.3. The molecule has 9 nitrogen and oxygen atoms in total. The summed E-state index contributed by atoms with van der Waals surface area (Å²) in [5.41, 5.74) is 5.63. The van der Waals surface area contributed by atoms with Crippen molar-refractivity contribution in [2.75, 3.05) is 26.8 Å². The van der Waals surface area contributed by atoms with Gasteiger partial charge in [-0.3, -0.25) is 9.59 Å². The zero-order chi connectivity index (χ0) is 31.1. The van der Waals surface area contributed by atoms with Gasteiger partial charge in [0.25, 0.3) is 11.8 Å². The summed E-state index contributed by atoms with van der Waals surface area (Å²) in [6.45, 7) is 3.18. The molecule has 3 aliphatic heterocycles. The van der Waals surface area contributed by atoms with Gasteiger partial charge in [0.05, 0.1) is 25.3 Å². The van der Waals surface area contributed by atoms with E-state index in [1.54, 1.807) is 13.2 Å². The van der Waals surface area contributed by atoms with E-state index in [1.807, 2.05) is 66.4 Å². The maximum absolute atomic E-state index is 14.2. The highest BCUT2D eigenvalue weighted by atomic mass is 16.5. The summed E-state index contributed by atoms with van der Waals surface area (Å²) < 4.78 is 17.9. The van der Waals surface area contributed by atoms with Crippen LogP contribution in [-0.2, 0) is 6.42 Å². The fourth-order valence-electron chi connectivity index (χ4n) is 6.19. The molecule has 0 radical (unpaired) electrons. The van der Waals surface area contributed by atoms with Gasteiger partial charge in [-0.05, 0) is 97.1 Å². The monoisotopic (exact) mass is 603 g/mol. The number of fused-ring (bicyclic) bond motifs is 7. The molecule has 5 aromatic rings. The summed E-state index contributed by atoms with van der Waals surface area (Å²) in [6.07, 6.45) is 1.14. The first-order valence-corrected chi connectivity index (χ1v) is 15.0. The Hall–Kier alpha value is -5.44. The summed E-state index contributed by atoms with van der Waals surface area (Å²) >= 11 is 0. The third kappa shape index (κ3) is 5.42. The van der Waals surface area contributed by atoms with Gasteiger partial charge in [-0.15, -0.1) is 0 Å². The Bertz CT molecular complexity index is 1950. The first-order valence-electron chi connectivity index (χ1n) is 15.0. The van der Waals surface area contributed by atoms with Gasteiger partial charge in [-0.1, -0.05) is 23.8 Å². The van der Waals surface area contributed by atoms with E-state index in [1.165, 1.54) is 12.1 Å². The van der Waals surface area contributed by atoms with Crippen LogP contribution in [0.25, 0.3) is 10.9 Å². The molecule has 9 heteroatoms. The van der Waals surface area contributed by atoms with Gasteiger partial charge >= 0.3 is 0 Å². The Morgan fingerprint density at radius 1 is 1.00 bits per heavy atom. The van der Waals surface area contributed by atoms with Crippen LogP contribution >= 0.6 is 0 Å². The predicted octanol–water partition coefficient (Wildman–Crippen LogP) is 6.28. The van der Waals surface area contributed by atoms with Crippen molar-refractivity contribution in [1.82, 2.24) is 15.2 Å². The third-order valence-corrected chi connectivity index (χ3v) is 8.43. The number of phenols is 1. The number of aromatic amines is 1. The zero-order valence-corrected chi connectivity index (χ0v) is 25.1. The highest BCUT2D eigenvalue weighted by Gasteiger charge is 2.34. The van der Waals surface area contributed by atoms with Crippen LogP contribution in [0.3, 0.4) is 0 Å². The van der Waals surface area contributed by atoms with E-state index >= 15 is 0 Å². The molecule has 8 bridgehead atoms. The lowest BCUT2D eigenvalue weighted by atomic mass is 9.87. The molecule has 3 N–H and O–H groups in total. The van der Waals surface area contributed by atoms with Crippen molar-refractivity contribution < 1.29 is 28.9 Å². The molecule has 228 valence electrons.